The zero-order valence-electron chi connectivity index (χ0n) is 14.4. The number of amides is 1. The average Bonchev–Trinajstić information content (AvgIpc) is 2.98. The first-order chi connectivity index (χ1) is 13.3. The topological polar surface area (TPSA) is 69.0 Å². The standard InChI is InChI=1S/C21H16N4O2/c26-21-17-7-2-8-18-19(17)25(11-10-23-21)20(24-18)14-4-1-5-15(12-14)27-16-6-3-9-22-13-16/h1-9,12-13H,10-11H2,(H,23,26). The summed E-state index contributed by atoms with van der Waals surface area (Å²) in [6.45, 7) is 1.24. The van der Waals surface area contributed by atoms with E-state index in [4.69, 9.17) is 9.72 Å². The van der Waals surface area contributed by atoms with Crippen LogP contribution in [-0.4, -0.2) is 27.0 Å². The Morgan fingerprint density at radius 3 is 2.81 bits per heavy atom. The van der Waals surface area contributed by atoms with Gasteiger partial charge in [-0.15, -0.1) is 0 Å². The summed E-state index contributed by atoms with van der Waals surface area (Å²) in [6.07, 6.45) is 3.38. The summed E-state index contributed by atoms with van der Waals surface area (Å²) in [7, 11) is 0. The molecule has 1 aliphatic rings. The van der Waals surface area contributed by atoms with Gasteiger partial charge < -0.3 is 14.6 Å². The molecular weight excluding hydrogens is 340 g/mol. The van der Waals surface area contributed by atoms with E-state index in [1.54, 1.807) is 12.4 Å². The fourth-order valence-corrected chi connectivity index (χ4v) is 3.43. The van der Waals surface area contributed by atoms with Gasteiger partial charge in [0.05, 0.1) is 22.8 Å². The van der Waals surface area contributed by atoms with Crippen LogP contribution in [0.3, 0.4) is 0 Å². The van der Waals surface area contributed by atoms with Crippen molar-refractivity contribution in [2.24, 2.45) is 0 Å². The number of hydrogen-bond acceptors (Lipinski definition) is 4. The second-order valence-corrected chi connectivity index (χ2v) is 6.33. The van der Waals surface area contributed by atoms with E-state index in [0.29, 0.717) is 30.2 Å². The van der Waals surface area contributed by atoms with E-state index in [1.807, 2.05) is 54.6 Å². The van der Waals surface area contributed by atoms with Crippen molar-refractivity contribution in [3.05, 3.63) is 72.6 Å². The van der Waals surface area contributed by atoms with Gasteiger partial charge in [0.1, 0.15) is 17.3 Å². The number of nitrogens with zero attached hydrogens (tertiary/aromatic N) is 3. The third-order valence-corrected chi connectivity index (χ3v) is 4.59. The molecule has 1 amide bonds. The Morgan fingerprint density at radius 1 is 1.04 bits per heavy atom. The Morgan fingerprint density at radius 2 is 1.93 bits per heavy atom. The number of carbonyl (C=O) groups excluding carboxylic acids is 1. The number of para-hydroxylation sites is 1. The van der Waals surface area contributed by atoms with Gasteiger partial charge in [-0.25, -0.2) is 4.98 Å². The lowest BCUT2D eigenvalue weighted by Gasteiger charge is -2.09. The molecule has 0 bridgehead atoms. The molecule has 0 saturated carbocycles. The third-order valence-electron chi connectivity index (χ3n) is 4.59. The van der Waals surface area contributed by atoms with Gasteiger partial charge in [0.25, 0.3) is 5.91 Å². The molecule has 0 saturated heterocycles. The molecule has 0 spiro atoms. The summed E-state index contributed by atoms with van der Waals surface area (Å²) < 4.78 is 8.00. The maximum atomic E-state index is 12.3. The van der Waals surface area contributed by atoms with Crippen molar-refractivity contribution >= 4 is 16.9 Å². The molecule has 1 N–H and O–H groups in total. The molecule has 0 fully saturated rings. The van der Waals surface area contributed by atoms with Gasteiger partial charge in [-0.05, 0) is 36.4 Å². The van der Waals surface area contributed by atoms with Gasteiger partial charge in [0.2, 0.25) is 0 Å². The minimum atomic E-state index is -0.0561. The van der Waals surface area contributed by atoms with Crippen molar-refractivity contribution in [2.45, 2.75) is 6.54 Å². The van der Waals surface area contributed by atoms with Crippen molar-refractivity contribution in [3.63, 3.8) is 0 Å². The van der Waals surface area contributed by atoms with Gasteiger partial charge >= 0.3 is 0 Å². The van der Waals surface area contributed by atoms with Crippen LogP contribution in [-0.2, 0) is 6.54 Å². The molecule has 27 heavy (non-hydrogen) atoms. The fourth-order valence-electron chi connectivity index (χ4n) is 3.43. The second-order valence-electron chi connectivity index (χ2n) is 6.33. The van der Waals surface area contributed by atoms with Gasteiger partial charge in [0, 0.05) is 24.8 Å². The third kappa shape index (κ3) is 2.71. The Labute approximate surface area is 155 Å². The summed E-state index contributed by atoms with van der Waals surface area (Å²) >= 11 is 0. The largest absolute Gasteiger partial charge is 0.456 e. The Balaban J connectivity index is 1.62. The second kappa shape index (κ2) is 6.25. The van der Waals surface area contributed by atoms with E-state index in [1.165, 1.54) is 0 Å². The molecule has 4 aromatic rings. The SMILES string of the molecule is O=C1NCCn2c(-c3cccc(Oc4cccnc4)c3)nc3cccc1c32. The highest BCUT2D eigenvalue weighted by Crippen LogP contribution is 2.31. The molecule has 0 radical (unpaired) electrons. The molecule has 1 aliphatic heterocycles. The number of ether oxygens (including phenoxy) is 1. The summed E-state index contributed by atoms with van der Waals surface area (Å²) in [5.74, 6) is 2.16. The van der Waals surface area contributed by atoms with E-state index >= 15 is 0 Å². The molecule has 0 unspecified atom stereocenters. The highest BCUT2D eigenvalue weighted by atomic mass is 16.5. The lowest BCUT2D eigenvalue weighted by Crippen LogP contribution is -2.24. The van der Waals surface area contributed by atoms with E-state index in [-0.39, 0.29) is 5.91 Å². The summed E-state index contributed by atoms with van der Waals surface area (Å²) in [5.41, 5.74) is 3.29. The first-order valence-corrected chi connectivity index (χ1v) is 8.75. The first kappa shape index (κ1) is 15.6. The van der Waals surface area contributed by atoms with Crippen molar-refractivity contribution < 1.29 is 9.53 Å². The van der Waals surface area contributed by atoms with Crippen LogP contribution in [0.25, 0.3) is 22.4 Å². The molecule has 0 atom stereocenters. The Bertz CT molecular complexity index is 1150. The predicted octanol–water partition coefficient (Wildman–Crippen LogP) is 3.63. The lowest BCUT2D eigenvalue weighted by molar-refractivity contribution is 0.0956. The van der Waals surface area contributed by atoms with Crippen molar-refractivity contribution in [3.8, 4) is 22.9 Å². The number of aromatic nitrogens is 3. The number of nitrogens with one attached hydrogen (secondary N) is 1. The zero-order chi connectivity index (χ0) is 18.2. The smallest absolute Gasteiger partial charge is 0.253 e. The maximum Gasteiger partial charge on any atom is 0.253 e. The van der Waals surface area contributed by atoms with E-state index in [9.17, 15) is 4.79 Å². The normalized spacial score (nSPS) is 13.3. The minimum Gasteiger partial charge on any atom is -0.456 e. The quantitative estimate of drug-likeness (QED) is 0.609. The average molecular weight is 356 g/mol. The van der Waals surface area contributed by atoms with Crippen LogP contribution in [0.1, 0.15) is 10.4 Å². The number of rotatable bonds is 3. The van der Waals surface area contributed by atoms with Gasteiger partial charge in [0.15, 0.2) is 0 Å². The fraction of sp³-hybridized carbons (Fsp3) is 0.0952. The van der Waals surface area contributed by atoms with Crippen molar-refractivity contribution in [2.75, 3.05) is 6.54 Å². The number of carbonyl (C=O) groups is 1. The van der Waals surface area contributed by atoms with Crippen LogP contribution in [0.4, 0.5) is 0 Å². The molecule has 0 aliphatic carbocycles. The predicted molar refractivity (Wildman–Crippen MR) is 102 cm³/mol. The van der Waals surface area contributed by atoms with Crippen LogP contribution in [0, 0.1) is 0 Å². The molecule has 6 nitrogen and oxygen atoms in total. The highest BCUT2D eigenvalue weighted by Gasteiger charge is 2.21. The molecule has 3 heterocycles. The van der Waals surface area contributed by atoms with Gasteiger partial charge in [-0.1, -0.05) is 18.2 Å². The van der Waals surface area contributed by atoms with Crippen molar-refractivity contribution in [1.82, 2.24) is 19.9 Å². The van der Waals surface area contributed by atoms with E-state index in [0.717, 1.165) is 22.4 Å². The molecule has 132 valence electrons. The van der Waals surface area contributed by atoms with Gasteiger partial charge in [-0.3, -0.25) is 9.78 Å². The van der Waals surface area contributed by atoms with E-state index in [2.05, 4.69) is 14.9 Å². The lowest BCUT2D eigenvalue weighted by atomic mass is 10.1. The molecule has 6 heteroatoms. The van der Waals surface area contributed by atoms with Crippen molar-refractivity contribution in [1.29, 1.82) is 0 Å². The number of pyridine rings is 1. The summed E-state index contributed by atoms with van der Waals surface area (Å²) in [4.78, 5) is 21.2. The summed E-state index contributed by atoms with van der Waals surface area (Å²) in [6, 6.07) is 17.1. The molecule has 2 aromatic heterocycles. The minimum absolute atomic E-state index is 0.0561. The van der Waals surface area contributed by atoms with Crippen LogP contribution < -0.4 is 10.1 Å². The van der Waals surface area contributed by atoms with Crippen LogP contribution in [0.5, 0.6) is 11.5 Å². The number of hydrogen-bond donors (Lipinski definition) is 1. The first-order valence-electron chi connectivity index (χ1n) is 8.75. The van der Waals surface area contributed by atoms with Crippen LogP contribution in [0.2, 0.25) is 0 Å². The summed E-state index contributed by atoms with van der Waals surface area (Å²) in [5, 5.41) is 2.94. The van der Waals surface area contributed by atoms with Crippen LogP contribution in [0.15, 0.2) is 67.0 Å². The Hall–Kier alpha value is -3.67. The molecule has 2 aromatic carbocycles. The highest BCUT2D eigenvalue weighted by molar-refractivity contribution is 6.06. The monoisotopic (exact) mass is 356 g/mol. The maximum absolute atomic E-state index is 12.3. The molecule has 5 rings (SSSR count). The number of imidazole rings is 1. The Kier molecular flexibility index (Phi) is 3.60. The number of benzene rings is 2. The zero-order valence-corrected chi connectivity index (χ0v) is 14.4. The van der Waals surface area contributed by atoms with Gasteiger partial charge in [-0.2, -0.15) is 0 Å². The molecular formula is C21H16N4O2. The van der Waals surface area contributed by atoms with E-state index < -0.39 is 0 Å². The van der Waals surface area contributed by atoms with Crippen LogP contribution >= 0.6 is 0 Å².